The Morgan fingerprint density at radius 1 is 1.09 bits per heavy atom. The molecular formula is C34H48N4O6. The third kappa shape index (κ3) is 7.92. The van der Waals surface area contributed by atoms with Crippen LogP contribution in [0.1, 0.15) is 89.8 Å². The van der Waals surface area contributed by atoms with Crippen molar-refractivity contribution < 1.29 is 28.7 Å². The molecule has 0 bridgehead atoms. The van der Waals surface area contributed by atoms with Crippen molar-refractivity contribution in [1.82, 2.24) is 20.4 Å². The van der Waals surface area contributed by atoms with Crippen molar-refractivity contribution in [2.24, 2.45) is 5.92 Å². The molecule has 1 saturated carbocycles. The van der Waals surface area contributed by atoms with Gasteiger partial charge in [-0.3, -0.25) is 19.3 Å². The Balaban J connectivity index is 1.49. The molecule has 3 aliphatic rings. The summed E-state index contributed by atoms with van der Waals surface area (Å²) < 4.78 is 11.4. The van der Waals surface area contributed by atoms with Gasteiger partial charge in [0, 0.05) is 20.0 Å². The number of nitrogens with one attached hydrogen (secondary N) is 2. The molecule has 5 atom stereocenters. The van der Waals surface area contributed by atoms with Crippen LogP contribution in [0.15, 0.2) is 24.3 Å². The third-order valence-electron chi connectivity index (χ3n) is 9.03. The zero-order valence-corrected chi connectivity index (χ0v) is 26.8. The molecule has 2 aliphatic carbocycles. The fraction of sp³-hybridized carbons (Fsp3) is 0.647. The number of ether oxygens (including phenoxy) is 2. The molecule has 0 radical (unpaired) electrons. The Bertz CT molecular complexity index is 1250. The van der Waals surface area contributed by atoms with Gasteiger partial charge in [0.1, 0.15) is 30.3 Å². The number of likely N-dealkylation sites (N-methyl/N-ethyl adjacent to an activating group) is 1. The maximum Gasteiger partial charge on any atom is 0.410 e. The lowest BCUT2D eigenvalue weighted by Crippen LogP contribution is -2.59. The van der Waals surface area contributed by atoms with Gasteiger partial charge in [0.25, 0.3) is 0 Å². The van der Waals surface area contributed by atoms with Crippen LogP contribution in [0.5, 0.6) is 0 Å². The number of likely N-dealkylation sites (tertiary alicyclic amines) is 1. The van der Waals surface area contributed by atoms with Gasteiger partial charge in [-0.05, 0) is 70.4 Å². The maximum absolute atomic E-state index is 14.2. The molecule has 240 valence electrons. The van der Waals surface area contributed by atoms with Crippen LogP contribution in [-0.4, -0.2) is 83.6 Å². The van der Waals surface area contributed by atoms with Gasteiger partial charge in [-0.25, -0.2) is 4.79 Å². The number of terminal acetylenes is 1. The van der Waals surface area contributed by atoms with Gasteiger partial charge < -0.3 is 25.0 Å². The lowest BCUT2D eigenvalue weighted by molar-refractivity contribution is -0.144. The molecule has 0 unspecified atom stereocenters. The van der Waals surface area contributed by atoms with Crippen molar-refractivity contribution in [3.63, 3.8) is 0 Å². The lowest BCUT2D eigenvalue weighted by atomic mass is 9.83. The van der Waals surface area contributed by atoms with Gasteiger partial charge in [-0.15, -0.1) is 6.42 Å². The van der Waals surface area contributed by atoms with Gasteiger partial charge in [-0.2, -0.15) is 0 Å². The normalized spacial score (nSPS) is 23.2. The van der Waals surface area contributed by atoms with Gasteiger partial charge in [-0.1, -0.05) is 49.4 Å². The van der Waals surface area contributed by atoms with Gasteiger partial charge in [0.2, 0.25) is 17.7 Å². The summed E-state index contributed by atoms with van der Waals surface area (Å²) in [7, 11) is 1.51. The van der Waals surface area contributed by atoms with E-state index in [4.69, 9.17) is 15.9 Å². The molecule has 1 saturated heterocycles. The van der Waals surface area contributed by atoms with E-state index in [9.17, 15) is 19.2 Å². The smallest absolute Gasteiger partial charge is 0.410 e. The van der Waals surface area contributed by atoms with E-state index in [1.165, 1.54) is 11.9 Å². The predicted molar refractivity (Wildman–Crippen MR) is 166 cm³/mol. The first kappa shape index (κ1) is 33.3. The predicted octanol–water partition coefficient (Wildman–Crippen LogP) is 3.73. The molecule has 1 aromatic carbocycles. The fourth-order valence-electron chi connectivity index (χ4n) is 6.56. The van der Waals surface area contributed by atoms with Crippen LogP contribution in [-0.2, 0) is 30.3 Å². The summed E-state index contributed by atoms with van der Waals surface area (Å²) in [5.74, 6) is 1.54. The Morgan fingerprint density at radius 2 is 1.80 bits per heavy atom. The van der Waals surface area contributed by atoms with Crippen molar-refractivity contribution in [1.29, 1.82) is 0 Å². The molecule has 1 heterocycles. The highest BCUT2D eigenvalue weighted by molar-refractivity contribution is 5.94. The van der Waals surface area contributed by atoms with Crippen molar-refractivity contribution in [2.75, 3.05) is 20.2 Å². The average molecular weight is 609 g/mol. The van der Waals surface area contributed by atoms with E-state index in [0.717, 1.165) is 43.2 Å². The molecule has 44 heavy (non-hydrogen) atoms. The van der Waals surface area contributed by atoms with Crippen LogP contribution in [0.25, 0.3) is 0 Å². The minimum absolute atomic E-state index is 0.0493. The first-order valence-electron chi connectivity index (χ1n) is 15.9. The SMILES string of the molecule is C#CCO[C@@H]1Cc2ccccc2[C@@H]1NC(=O)[C@@H]1CCCN1C(=O)[C@@H](NC(=O)[C@H](C)N(C)C(=O)OC(C)(C)C)C1CCCCC1. The summed E-state index contributed by atoms with van der Waals surface area (Å²) >= 11 is 0. The zero-order chi connectivity index (χ0) is 32.0. The Kier molecular flexibility index (Phi) is 11.0. The second kappa shape index (κ2) is 14.5. The molecule has 10 nitrogen and oxygen atoms in total. The molecule has 1 aromatic rings. The van der Waals surface area contributed by atoms with Crippen molar-refractivity contribution in [3.05, 3.63) is 35.4 Å². The van der Waals surface area contributed by atoms with Gasteiger partial charge in [0.05, 0.1) is 12.1 Å². The van der Waals surface area contributed by atoms with E-state index >= 15 is 0 Å². The summed E-state index contributed by atoms with van der Waals surface area (Å²) in [4.78, 5) is 57.0. The standard InChI is InChI=1S/C34H48N4O6/c1-7-20-43-27-21-24-16-11-12-17-25(24)29(27)36-31(40)26-18-13-19-38(26)32(41)28(23-14-9-8-10-15-23)35-30(39)22(2)37(6)33(42)44-34(3,4)5/h1,11-12,16-17,22-23,26-29H,8-10,13-15,18-21H2,2-6H3,(H,35,39)(H,36,40)/t22-,26-,27+,28-,29-/m0/s1. The molecule has 0 spiro atoms. The number of hydrogen-bond acceptors (Lipinski definition) is 6. The van der Waals surface area contributed by atoms with Crippen molar-refractivity contribution >= 4 is 23.8 Å². The highest BCUT2D eigenvalue weighted by Crippen LogP contribution is 2.34. The summed E-state index contributed by atoms with van der Waals surface area (Å²) in [6, 6.07) is 5.24. The fourth-order valence-corrected chi connectivity index (χ4v) is 6.56. The number of rotatable bonds is 9. The topological polar surface area (TPSA) is 117 Å². The Labute approximate surface area is 261 Å². The van der Waals surface area contributed by atoms with Crippen LogP contribution >= 0.6 is 0 Å². The minimum atomic E-state index is -0.858. The molecule has 2 N–H and O–H groups in total. The quantitative estimate of drug-likeness (QED) is 0.413. The van der Waals surface area contributed by atoms with Crippen LogP contribution in [0.3, 0.4) is 0 Å². The van der Waals surface area contributed by atoms with Crippen LogP contribution in [0, 0.1) is 18.3 Å². The van der Waals surface area contributed by atoms with Gasteiger partial charge >= 0.3 is 6.09 Å². The van der Waals surface area contributed by atoms with E-state index < -0.39 is 35.7 Å². The molecule has 10 heteroatoms. The van der Waals surface area contributed by atoms with E-state index in [-0.39, 0.29) is 36.5 Å². The number of fused-ring (bicyclic) bond motifs is 1. The summed E-state index contributed by atoms with van der Waals surface area (Å²) in [6.45, 7) is 7.48. The van der Waals surface area contributed by atoms with Gasteiger partial charge in [0.15, 0.2) is 0 Å². The lowest BCUT2D eigenvalue weighted by Gasteiger charge is -2.36. The number of carbonyl (C=O) groups excluding carboxylic acids is 4. The van der Waals surface area contributed by atoms with Crippen LogP contribution in [0.4, 0.5) is 4.79 Å². The van der Waals surface area contributed by atoms with Crippen molar-refractivity contribution in [2.45, 2.75) is 115 Å². The molecule has 4 amide bonds. The highest BCUT2D eigenvalue weighted by Gasteiger charge is 2.43. The summed E-state index contributed by atoms with van der Waals surface area (Å²) in [5.41, 5.74) is 1.39. The molecular weight excluding hydrogens is 560 g/mol. The first-order valence-corrected chi connectivity index (χ1v) is 15.9. The minimum Gasteiger partial charge on any atom is -0.444 e. The summed E-state index contributed by atoms with van der Waals surface area (Å²) in [6.07, 6.45) is 11.0. The maximum atomic E-state index is 14.2. The number of hydrogen-bond donors (Lipinski definition) is 2. The van der Waals surface area contributed by atoms with Crippen LogP contribution < -0.4 is 10.6 Å². The molecule has 2 fully saturated rings. The monoisotopic (exact) mass is 608 g/mol. The second-order valence-electron chi connectivity index (χ2n) is 13.3. The van der Waals surface area contributed by atoms with E-state index in [0.29, 0.717) is 25.8 Å². The Morgan fingerprint density at radius 3 is 2.48 bits per heavy atom. The zero-order valence-electron chi connectivity index (χ0n) is 26.8. The number of benzene rings is 1. The first-order chi connectivity index (χ1) is 20.9. The second-order valence-corrected chi connectivity index (χ2v) is 13.3. The summed E-state index contributed by atoms with van der Waals surface area (Å²) in [5, 5.41) is 6.16. The largest absolute Gasteiger partial charge is 0.444 e. The van der Waals surface area contributed by atoms with Crippen molar-refractivity contribution in [3.8, 4) is 12.3 Å². The highest BCUT2D eigenvalue weighted by atomic mass is 16.6. The molecule has 0 aromatic heterocycles. The van der Waals surface area contributed by atoms with E-state index in [2.05, 4.69) is 16.6 Å². The van der Waals surface area contributed by atoms with Crippen LogP contribution in [0.2, 0.25) is 0 Å². The molecule has 4 rings (SSSR count). The number of nitrogens with zero attached hydrogens (tertiary/aromatic N) is 2. The number of carbonyl (C=O) groups is 4. The number of amides is 4. The Hall–Kier alpha value is -3.58. The van der Waals surface area contributed by atoms with E-state index in [1.54, 1.807) is 32.6 Å². The third-order valence-corrected chi connectivity index (χ3v) is 9.03. The average Bonchev–Trinajstić information content (AvgIpc) is 3.62. The molecule has 1 aliphatic heterocycles. The van der Waals surface area contributed by atoms with E-state index in [1.807, 2.05) is 24.3 Å².